The molecule has 2 fully saturated rings. The van der Waals surface area contributed by atoms with E-state index < -0.39 is 6.43 Å². The monoisotopic (exact) mass is 300 g/mol. The van der Waals surface area contributed by atoms with Gasteiger partial charge in [-0.05, 0) is 25.0 Å². The highest BCUT2D eigenvalue weighted by atomic mass is 19.3. The largest absolute Gasteiger partial charge is 0.385 e. The van der Waals surface area contributed by atoms with Crippen LogP contribution in [0.15, 0.2) is 18.2 Å². The van der Waals surface area contributed by atoms with E-state index in [9.17, 15) is 13.2 Å². The first-order chi connectivity index (χ1) is 10.1. The first kappa shape index (κ1) is 14.7. The van der Waals surface area contributed by atoms with Gasteiger partial charge < -0.3 is 15.4 Å². The van der Waals surface area contributed by atoms with Gasteiger partial charge >= 0.3 is 0 Å². The van der Waals surface area contributed by atoms with E-state index in [1.807, 2.05) is 0 Å². The number of rotatable bonds is 6. The Hall–Kier alpha value is -1.27. The summed E-state index contributed by atoms with van der Waals surface area (Å²) in [5.74, 6) is -0.312. The molecule has 3 rings (SSSR count). The van der Waals surface area contributed by atoms with Crippen molar-refractivity contribution < 1.29 is 17.9 Å². The topological polar surface area (TPSA) is 33.3 Å². The highest BCUT2D eigenvalue weighted by molar-refractivity contribution is 5.46. The van der Waals surface area contributed by atoms with Gasteiger partial charge in [0, 0.05) is 36.8 Å². The minimum absolute atomic E-state index is 0.141. The fourth-order valence-electron chi connectivity index (χ4n) is 3.02. The molecule has 0 unspecified atom stereocenters. The molecule has 2 N–H and O–H groups in total. The standard InChI is InChI=1S/C15H19F3N2O/c16-12-6-9(19-5-1-2-14(17)18)3-4-11(12)15-13-7-10(21-15)8-20-13/h3-4,6,10,13-15,19-20H,1-2,5,7-8H2/t10-,13-,15+/m0/s1. The molecular weight excluding hydrogens is 281 g/mol. The van der Waals surface area contributed by atoms with E-state index in [4.69, 9.17) is 4.74 Å². The van der Waals surface area contributed by atoms with E-state index in [0.29, 0.717) is 24.2 Å². The highest BCUT2D eigenvalue weighted by Crippen LogP contribution is 2.38. The summed E-state index contributed by atoms with van der Waals surface area (Å²) in [6, 6.07) is 5.09. The first-order valence-electron chi connectivity index (χ1n) is 7.34. The summed E-state index contributed by atoms with van der Waals surface area (Å²) in [6.07, 6.45) is -1.17. The second kappa shape index (κ2) is 6.23. The van der Waals surface area contributed by atoms with Crippen LogP contribution >= 0.6 is 0 Å². The third kappa shape index (κ3) is 3.32. The van der Waals surface area contributed by atoms with Crippen molar-refractivity contribution in [3.05, 3.63) is 29.6 Å². The molecule has 0 aliphatic carbocycles. The summed E-state index contributed by atoms with van der Waals surface area (Å²) in [4.78, 5) is 0. The average Bonchev–Trinajstić information content (AvgIpc) is 3.06. The van der Waals surface area contributed by atoms with Gasteiger partial charge in [0.05, 0.1) is 6.10 Å². The van der Waals surface area contributed by atoms with Crippen molar-refractivity contribution in [3.63, 3.8) is 0 Å². The Labute approximate surface area is 121 Å². The molecule has 2 aliphatic heterocycles. The predicted octanol–water partition coefficient (Wildman–Crippen LogP) is 3.08. The number of anilines is 1. The van der Waals surface area contributed by atoms with E-state index in [2.05, 4.69) is 10.6 Å². The Balaban J connectivity index is 1.58. The molecule has 21 heavy (non-hydrogen) atoms. The number of ether oxygens (including phenoxy) is 1. The molecule has 0 aromatic heterocycles. The van der Waals surface area contributed by atoms with Gasteiger partial charge in [-0.2, -0.15) is 0 Å². The average molecular weight is 300 g/mol. The van der Waals surface area contributed by atoms with Crippen LogP contribution < -0.4 is 10.6 Å². The molecule has 0 amide bonds. The number of hydrogen-bond acceptors (Lipinski definition) is 3. The summed E-state index contributed by atoms with van der Waals surface area (Å²) < 4.78 is 44.0. The molecular formula is C15H19F3N2O. The summed E-state index contributed by atoms with van der Waals surface area (Å²) >= 11 is 0. The Morgan fingerprint density at radius 3 is 2.86 bits per heavy atom. The van der Waals surface area contributed by atoms with Crippen LogP contribution in [0.1, 0.15) is 30.9 Å². The van der Waals surface area contributed by atoms with Gasteiger partial charge in [0.1, 0.15) is 11.9 Å². The molecule has 2 saturated heterocycles. The van der Waals surface area contributed by atoms with Crippen molar-refractivity contribution in [1.29, 1.82) is 0 Å². The molecule has 0 spiro atoms. The van der Waals surface area contributed by atoms with Gasteiger partial charge in [-0.15, -0.1) is 0 Å². The molecule has 1 aromatic carbocycles. The fourth-order valence-corrected chi connectivity index (χ4v) is 3.02. The van der Waals surface area contributed by atoms with Gasteiger partial charge in [-0.25, -0.2) is 13.2 Å². The van der Waals surface area contributed by atoms with Gasteiger partial charge in [0.2, 0.25) is 6.43 Å². The first-order valence-corrected chi connectivity index (χ1v) is 7.34. The zero-order chi connectivity index (χ0) is 14.8. The Kier molecular flexibility index (Phi) is 4.35. The number of nitrogens with one attached hydrogen (secondary N) is 2. The number of alkyl halides is 2. The maximum Gasteiger partial charge on any atom is 0.238 e. The van der Waals surface area contributed by atoms with E-state index in [1.165, 1.54) is 6.07 Å². The second-order valence-corrected chi connectivity index (χ2v) is 5.63. The lowest BCUT2D eigenvalue weighted by molar-refractivity contribution is 0.0141. The second-order valence-electron chi connectivity index (χ2n) is 5.63. The van der Waals surface area contributed by atoms with Crippen molar-refractivity contribution in [2.75, 3.05) is 18.4 Å². The molecule has 2 heterocycles. The van der Waals surface area contributed by atoms with Crippen molar-refractivity contribution >= 4 is 5.69 Å². The van der Waals surface area contributed by atoms with Crippen LogP contribution in [-0.2, 0) is 4.74 Å². The summed E-state index contributed by atoms with van der Waals surface area (Å²) in [6.45, 7) is 1.25. The minimum Gasteiger partial charge on any atom is -0.385 e. The van der Waals surface area contributed by atoms with Gasteiger partial charge in [0.15, 0.2) is 0 Å². The lowest BCUT2D eigenvalue weighted by atomic mass is 10.0. The van der Waals surface area contributed by atoms with E-state index in [0.717, 1.165) is 13.0 Å². The molecule has 116 valence electrons. The number of benzene rings is 1. The highest BCUT2D eigenvalue weighted by Gasteiger charge is 2.42. The van der Waals surface area contributed by atoms with E-state index in [1.54, 1.807) is 12.1 Å². The molecule has 6 heteroatoms. The van der Waals surface area contributed by atoms with E-state index >= 15 is 0 Å². The Morgan fingerprint density at radius 2 is 2.24 bits per heavy atom. The van der Waals surface area contributed by atoms with Crippen molar-refractivity contribution in [2.24, 2.45) is 0 Å². The smallest absolute Gasteiger partial charge is 0.238 e. The third-order valence-electron chi connectivity index (χ3n) is 4.06. The molecule has 0 radical (unpaired) electrons. The maximum absolute atomic E-state index is 14.2. The van der Waals surface area contributed by atoms with Crippen molar-refractivity contribution in [1.82, 2.24) is 5.32 Å². The molecule has 3 atom stereocenters. The molecule has 2 aliphatic rings. The van der Waals surface area contributed by atoms with Crippen molar-refractivity contribution in [3.8, 4) is 0 Å². The molecule has 2 bridgehead atoms. The normalized spacial score (nSPS) is 27.5. The predicted molar refractivity (Wildman–Crippen MR) is 74.1 cm³/mol. The molecule has 3 nitrogen and oxygen atoms in total. The number of morpholine rings is 1. The zero-order valence-electron chi connectivity index (χ0n) is 11.6. The van der Waals surface area contributed by atoms with Crippen LogP contribution in [0.2, 0.25) is 0 Å². The minimum atomic E-state index is -2.28. The number of halogens is 3. The SMILES string of the molecule is Fc1cc(NCCCC(F)F)ccc1[C@H]1O[C@@H]2CN[C@H]1C2. The zero-order valence-corrected chi connectivity index (χ0v) is 11.6. The van der Waals surface area contributed by atoms with Crippen LogP contribution in [0.3, 0.4) is 0 Å². The summed E-state index contributed by atoms with van der Waals surface area (Å²) in [5.41, 5.74) is 1.18. The fraction of sp³-hybridized carbons (Fsp3) is 0.600. The van der Waals surface area contributed by atoms with Crippen LogP contribution in [0.4, 0.5) is 18.9 Å². The molecule has 0 saturated carbocycles. The number of fused-ring (bicyclic) bond motifs is 2. The van der Waals surface area contributed by atoms with Crippen LogP contribution in [0, 0.1) is 5.82 Å². The molecule has 1 aromatic rings. The number of hydrogen-bond donors (Lipinski definition) is 2. The van der Waals surface area contributed by atoms with Gasteiger partial charge in [-0.3, -0.25) is 0 Å². The van der Waals surface area contributed by atoms with Crippen LogP contribution in [0.5, 0.6) is 0 Å². The van der Waals surface area contributed by atoms with Crippen LogP contribution in [0.25, 0.3) is 0 Å². The van der Waals surface area contributed by atoms with Crippen LogP contribution in [-0.4, -0.2) is 31.7 Å². The van der Waals surface area contributed by atoms with Gasteiger partial charge in [0.25, 0.3) is 0 Å². The Bertz CT molecular complexity index is 498. The van der Waals surface area contributed by atoms with Gasteiger partial charge in [-0.1, -0.05) is 6.07 Å². The maximum atomic E-state index is 14.2. The van der Waals surface area contributed by atoms with Crippen molar-refractivity contribution in [2.45, 2.75) is 43.9 Å². The Morgan fingerprint density at radius 1 is 1.38 bits per heavy atom. The summed E-state index contributed by atoms with van der Waals surface area (Å²) in [7, 11) is 0. The summed E-state index contributed by atoms with van der Waals surface area (Å²) in [5, 5.41) is 6.28. The quantitative estimate of drug-likeness (QED) is 0.792. The lowest BCUT2D eigenvalue weighted by Gasteiger charge is -2.24. The van der Waals surface area contributed by atoms with E-state index in [-0.39, 0.29) is 30.5 Å². The lowest BCUT2D eigenvalue weighted by Crippen LogP contribution is -2.34. The third-order valence-corrected chi connectivity index (χ3v) is 4.06.